The van der Waals surface area contributed by atoms with Gasteiger partial charge in [0.05, 0.1) is 18.1 Å². The standard InChI is InChI=1S/C20H28ClNO4/c1-4-16(12-20(2,3)26)22-17(13-5-8-15(21)9-6-13)10-7-14(19(22)25)11-18(23)24/h5-6,8-9,14,16-17,26H,4,7,10-12H2,1-3H3,(H,23,24)/t14-,16+,17+/m1/s1. The van der Waals surface area contributed by atoms with Gasteiger partial charge >= 0.3 is 5.97 Å². The second-order valence-corrected chi connectivity index (χ2v) is 8.20. The molecule has 1 saturated heterocycles. The largest absolute Gasteiger partial charge is 0.481 e. The number of aliphatic carboxylic acids is 1. The van der Waals surface area contributed by atoms with Gasteiger partial charge < -0.3 is 15.1 Å². The van der Waals surface area contributed by atoms with Gasteiger partial charge in [0.15, 0.2) is 0 Å². The molecule has 0 unspecified atom stereocenters. The van der Waals surface area contributed by atoms with Crippen molar-refractivity contribution in [1.82, 2.24) is 4.90 Å². The number of carboxylic acids is 1. The Kier molecular flexibility index (Phi) is 6.69. The molecular weight excluding hydrogens is 354 g/mol. The molecule has 2 rings (SSSR count). The average Bonchev–Trinajstić information content (AvgIpc) is 2.54. The lowest BCUT2D eigenvalue weighted by atomic mass is 9.83. The average molecular weight is 382 g/mol. The molecule has 0 aromatic heterocycles. The fourth-order valence-electron chi connectivity index (χ4n) is 3.85. The van der Waals surface area contributed by atoms with Gasteiger partial charge in [-0.1, -0.05) is 30.7 Å². The van der Waals surface area contributed by atoms with Crippen LogP contribution in [0.15, 0.2) is 24.3 Å². The Balaban J connectivity index is 2.37. The molecule has 144 valence electrons. The molecule has 6 heteroatoms. The highest BCUT2D eigenvalue weighted by molar-refractivity contribution is 6.30. The number of halogens is 1. The summed E-state index contributed by atoms with van der Waals surface area (Å²) in [6.07, 6.45) is 2.24. The summed E-state index contributed by atoms with van der Waals surface area (Å²) in [7, 11) is 0. The highest BCUT2D eigenvalue weighted by Gasteiger charge is 2.41. The topological polar surface area (TPSA) is 77.8 Å². The predicted octanol–water partition coefficient (Wildman–Crippen LogP) is 4.03. The summed E-state index contributed by atoms with van der Waals surface area (Å²) >= 11 is 5.99. The van der Waals surface area contributed by atoms with Gasteiger partial charge in [0.2, 0.25) is 5.91 Å². The van der Waals surface area contributed by atoms with Crippen molar-refractivity contribution in [2.75, 3.05) is 0 Å². The molecule has 0 radical (unpaired) electrons. The van der Waals surface area contributed by atoms with Crippen LogP contribution in [0, 0.1) is 5.92 Å². The molecule has 1 aromatic carbocycles. The van der Waals surface area contributed by atoms with E-state index in [9.17, 15) is 14.7 Å². The van der Waals surface area contributed by atoms with Crippen molar-refractivity contribution in [2.24, 2.45) is 5.92 Å². The first-order valence-electron chi connectivity index (χ1n) is 9.14. The zero-order valence-electron chi connectivity index (χ0n) is 15.6. The SMILES string of the molecule is CC[C@@H](CC(C)(C)O)N1C(=O)[C@@H](CC(=O)O)CC[C@H]1c1ccc(Cl)cc1. The minimum atomic E-state index is -0.955. The number of carboxylic acid groups (broad SMARTS) is 1. The number of aliphatic hydroxyl groups is 1. The highest BCUT2D eigenvalue weighted by Crippen LogP contribution is 2.39. The quantitative estimate of drug-likeness (QED) is 0.747. The van der Waals surface area contributed by atoms with Crippen LogP contribution in [0.25, 0.3) is 0 Å². The lowest BCUT2D eigenvalue weighted by Gasteiger charge is -2.45. The molecule has 1 aliphatic heterocycles. The van der Waals surface area contributed by atoms with Crippen LogP contribution in [0.5, 0.6) is 0 Å². The monoisotopic (exact) mass is 381 g/mol. The Morgan fingerprint density at radius 2 is 1.92 bits per heavy atom. The highest BCUT2D eigenvalue weighted by atomic mass is 35.5. The number of benzene rings is 1. The van der Waals surface area contributed by atoms with E-state index in [0.717, 1.165) is 5.56 Å². The van der Waals surface area contributed by atoms with Crippen molar-refractivity contribution >= 4 is 23.5 Å². The minimum Gasteiger partial charge on any atom is -0.481 e. The van der Waals surface area contributed by atoms with Gasteiger partial charge in [-0.3, -0.25) is 9.59 Å². The van der Waals surface area contributed by atoms with E-state index >= 15 is 0 Å². The molecule has 1 aromatic rings. The maximum absolute atomic E-state index is 13.2. The molecule has 2 N–H and O–H groups in total. The van der Waals surface area contributed by atoms with Crippen LogP contribution in [0.1, 0.15) is 64.5 Å². The first-order valence-corrected chi connectivity index (χ1v) is 9.52. The minimum absolute atomic E-state index is 0.128. The molecule has 0 aliphatic carbocycles. The van der Waals surface area contributed by atoms with Crippen molar-refractivity contribution < 1.29 is 19.8 Å². The van der Waals surface area contributed by atoms with Crippen LogP contribution < -0.4 is 0 Å². The molecule has 26 heavy (non-hydrogen) atoms. The van der Waals surface area contributed by atoms with E-state index < -0.39 is 17.5 Å². The Labute approximate surface area is 160 Å². The summed E-state index contributed by atoms with van der Waals surface area (Å²) < 4.78 is 0. The number of likely N-dealkylation sites (tertiary alicyclic amines) is 1. The van der Waals surface area contributed by atoms with Crippen LogP contribution in [0.3, 0.4) is 0 Å². The van der Waals surface area contributed by atoms with Gasteiger partial charge in [-0.25, -0.2) is 0 Å². The number of amides is 1. The number of piperidine rings is 1. The first-order chi connectivity index (χ1) is 12.1. The van der Waals surface area contributed by atoms with E-state index in [2.05, 4.69) is 0 Å². The number of rotatable bonds is 7. The van der Waals surface area contributed by atoms with Crippen LogP contribution in [0.4, 0.5) is 0 Å². The molecule has 3 atom stereocenters. The van der Waals surface area contributed by atoms with Crippen molar-refractivity contribution in [3.63, 3.8) is 0 Å². The summed E-state index contributed by atoms with van der Waals surface area (Å²) in [5, 5.41) is 20.1. The van der Waals surface area contributed by atoms with E-state index in [1.54, 1.807) is 26.0 Å². The number of carbonyl (C=O) groups excluding carboxylic acids is 1. The predicted molar refractivity (Wildman–Crippen MR) is 101 cm³/mol. The first kappa shape index (κ1) is 20.7. The fourth-order valence-corrected chi connectivity index (χ4v) is 3.97. The van der Waals surface area contributed by atoms with Crippen LogP contribution in [0.2, 0.25) is 5.02 Å². The molecule has 0 bridgehead atoms. The third kappa shape index (κ3) is 5.21. The van der Waals surface area contributed by atoms with Crippen molar-refractivity contribution in [2.45, 2.75) is 70.6 Å². The van der Waals surface area contributed by atoms with E-state index in [1.165, 1.54) is 0 Å². The zero-order valence-corrected chi connectivity index (χ0v) is 16.4. The maximum atomic E-state index is 13.2. The number of hydrogen-bond donors (Lipinski definition) is 2. The van der Waals surface area contributed by atoms with Crippen LogP contribution >= 0.6 is 11.6 Å². The molecule has 1 fully saturated rings. The summed E-state index contributed by atoms with van der Waals surface area (Å²) in [4.78, 5) is 26.1. The lowest BCUT2D eigenvalue weighted by molar-refractivity contribution is -0.152. The Hall–Kier alpha value is -1.59. The molecule has 5 nitrogen and oxygen atoms in total. The van der Waals surface area contributed by atoms with E-state index in [0.29, 0.717) is 30.7 Å². The Morgan fingerprint density at radius 1 is 1.31 bits per heavy atom. The van der Waals surface area contributed by atoms with Gasteiger partial charge in [0.1, 0.15) is 0 Å². The number of hydrogen-bond acceptors (Lipinski definition) is 3. The van der Waals surface area contributed by atoms with Crippen molar-refractivity contribution in [3.8, 4) is 0 Å². The number of carbonyl (C=O) groups is 2. The van der Waals surface area contributed by atoms with Crippen molar-refractivity contribution in [3.05, 3.63) is 34.9 Å². The van der Waals surface area contributed by atoms with Crippen LogP contribution in [-0.4, -0.2) is 38.6 Å². The Bertz CT molecular complexity index is 638. The summed E-state index contributed by atoms with van der Waals surface area (Å²) in [5.74, 6) is -1.59. The maximum Gasteiger partial charge on any atom is 0.304 e. The lowest BCUT2D eigenvalue weighted by Crippen LogP contribution is -2.51. The molecule has 1 aliphatic rings. The third-order valence-electron chi connectivity index (χ3n) is 5.00. The van der Waals surface area contributed by atoms with Crippen molar-refractivity contribution in [1.29, 1.82) is 0 Å². The number of nitrogens with zero attached hydrogens (tertiary/aromatic N) is 1. The van der Waals surface area contributed by atoms with Gasteiger partial charge in [0, 0.05) is 17.0 Å². The Morgan fingerprint density at radius 3 is 2.42 bits per heavy atom. The second-order valence-electron chi connectivity index (χ2n) is 7.76. The molecular formula is C20H28ClNO4. The van der Waals surface area contributed by atoms with Gasteiger partial charge in [-0.05, 0) is 57.2 Å². The van der Waals surface area contributed by atoms with Gasteiger partial charge in [0.25, 0.3) is 0 Å². The third-order valence-corrected chi connectivity index (χ3v) is 5.26. The van der Waals surface area contributed by atoms with E-state index in [1.807, 2.05) is 24.0 Å². The normalized spacial score (nSPS) is 22.3. The van der Waals surface area contributed by atoms with Gasteiger partial charge in [-0.15, -0.1) is 0 Å². The van der Waals surface area contributed by atoms with Gasteiger partial charge in [-0.2, -0.15) is 0 Å². The second kappa shape index (κ2) is 8.40. The van der Waals surface area contributed by atoms with E-state index in [-0.39, 0.29) is 24.4 Å². The van der Waals surface area contributed by atoms with Crippen LogP contribution in [-0.2, 0) is 9.59 Å². The molecule has 1 amide bonds. The molecule has 0 spiro atoms. The fraction of sp³-hybridized carbons (Fsp3) is 0.600. The van der Waals surface area contributed by atoms with E-state index in [4.69, 9.17) is 16.7 Å². The molecule has 0 saturated carbocycles. The zero-order chi connectivity index (χ0) is 19.5. The summed E-state index contributed by atoms with van der Waals surface area (Å²) in [5.41, 5.74) is 0.0799. The summed E-state index contributed by atoms with van der Waals surface area (Å²) in [6.45, 7) is 5.45. The summed E-state index contributed by atoms with van der Waals surface area (Å²) in [6, 6.07) is 7.17. The smallest absolute Gasteiger partial charge is 0.304 e. The molecule has 1 heterocycles.